The van der Waals surface area contributed by atoms with Crippen molar-refractivity contribution in [2.75, 3.05) is 23.8 Å². The minimum Gasteiger partial charge on any atom is -0.487 e. The van der Waals surface area contributed by atoms with Gasteiger partial charge in [0.1, 0.15) is 12.4 Å². The molecule has 4 aromatic rings. The van der Waals surface area contributed by atoms with Gasteiger partial charge in [-0.3, -0.25) is 0 Å². The van der Waals surface area contributed by atoms with Gasteiger partial charge in [-0.1, -0.05) is 29.8 Å². The van der Waals surface area contributed by atoms with Crippen molar-refractivity contribution >= 4 is 28.9 Å². The average molecular weight is 470 g/mol. The number of anilines is 2. The molecule has 2 aromatic heterocycles. The second-order valence-corrected chi connectivity index (χ2v) is 8.32. The summed E-state index contributed by atoms with van der Waals surface area (Å²) in [6.07, 6.45) is 1.11. The first-order chi connectivity index (χ1) is 16.1. The number of halogens is 3. The molecule has 33 heavy (non-hydrogen) atoms. The summed E-state index contributed by atoms with van der Waals surface area (Å²) in [6, 6.07) is 17.0. The number of aryl methyl sites for hydroxylation is 1. The zero-order valence-corrected chi connectivity index (χ0v) is 18.4. The molecule has 2 N–H and O–H groups in total. The molecule has 2 aromatic carbocycles. The Kier molecular flexibility index (Phi) is 6.00. The molecule has 0 bridgehead atoms. The van der Waals surface area contributed by atoms with Gasteiger partial charge in [-0.2, -0.15) is 4.98 Å². The summed E-state index contributed by atoms with van der Waals surface area (Å²) in [4.78, 5) is 4.70. The van der Waals surface area contributed by atoms with E-state index in [9.17, 15) is 8.78 Å². The lowest BCUT2D eigenvalue weighted by atomic mass is 10.1. The number of hydrogen-bond donors (Lipinski definition) is 2. The Morgan fingerprint density at radius 3 is 2.91 bits per heavy atom. The van der Waals surface area contributed by atoms with Gasteiger partial charge in [0.2, 0.25) is 5.95 Å². The third-order valence-corrected chi connectivity index (χ3v) is 5.85. The van der Waals surface area contributed by atoms with Crippen LogP contribution >= 0.6 is 11.6 Å². The van der Waals surface area contributed by atoms with Crippen LogP contribution in [-0.2, 0) is 6.42 Å². The number of benzene rings is 2. The van der Waals surface area contributed by atoms with Gasteiger partial charge < -0.3 is 15.4 Å². The number of nitrogens with zero attached hydrogens (tertiary/aromatic N) is 3. The van der Waals surface area contributed by atoms with Gasteiger partial charge in [0.25, 0.3) is 6.43 Å². The molecule has 0 spiro atoms. The molecule has 170 valence electrons. The van der Waals surface area contributed by atoms with Crippen LogP contribution in [0.2, 0.25) is 5.02 Å². The summed E-state index contributed by atoms with van der Waals surface area (Å²) >= 11 is 6.20. The molecule has 0 radical (unpaired) electrons. The highest BCUT2D eigenvalue weighted by Gasteiger charge is 2.19. The van der Waals surface area contributed by atoms with Crippen molar-refractivity contribution in [2.45, 2.75) is 25.3 Å². The van der Waals surface area contributed by atoms with Crippen LogP contribution in [0.5, 0.6) is 5.75 Å². The van der Waals surface area contributed by atoms with Gasteiger partial charge in [0.05, 0.1) is 0 Å². The van der Waals surface area contributed by atoms with Crippen LogP contribution in [0.4, 0.5) is 20.4 Å². The number of alkyl halides is 2. The first kappa shape index (κ1) is 21.5. The minimum atomic E-state index is -2.58. The van der Waals surface area contributed by atoms with E-state index >= 15 is 0 Å². The van der Waals surface area contributed by atoms with E-state index < -0.39 is 13.0 Å². The smallest absolute Gasteiger partial charge is 0.272 e. The van der Waals surface area contributed by atoms with E-state index in [-0.39, 0.29) is 6.04 Å². The van der Waals surface area contributed by atoms with E-state index in [0.29, 0.717) is 33.5 Å². The summed E-state index contributed by atoms with van der Waals surface area (Å²) in [5, 5.41) is 12.0. The van der Waals surface area contributed by atoms with E-state index in [1.807, 2.05) is 18.2 Å². The number of hydrogen-bond acceptors (Lipinski definition) is 5. The fraction of sp³-hybridized carbons (Fsp3) is 0.250. The topological polar surface area (TPSA) is 63.5 Å². The monoisotopic (exact) mass is 469 g/mol. The van der Waals surface area contributed by atoms with Crippen LogP contribution in [0, 0.1) is 0 Å². The van der Waals surface area contributed by atoms with Crippen LogP contribution in [0.15, 0.2) is 60.8 Å². The Morgan fingerprint density at radius 1 is 1.15 bits per heavy atom. The molecule has 0 saturated carbocycles. The number of pyridine rings is 1. The highest BCUT2D eigenvalue weighted by atomic mass is 35.5. The number of aromatic nitrogens is 3. The standard InChI is InChI=1S/C24H22ClF2N5O/c25-16-8-10-21(33-14-22(26)27)19(12-16)18-5-3-11-32-23(18)30-24(31-32)29-17-9-7-15-4-1-2-6-20(15)28-13-17/h1-6,8,10-12,17,22,28H,7,9,13-14H2,(H,29,31). The van der Waals surface area contributed by atoms with Crippen molar-refractivity contribution in [3.8, 4) is 16.9 Å². The second-order valence-electron chi connectivity index (χ2n) is 7.89. The maximum Gasteiger partial charge on any atom is 0.272 e. The molecule has 3 heterocycles. The summed E-state index contributed by atoms with van der Waals surface area (Å²) in [7, 11) is 0. The van der Waals surface area contributed by atoms with Gasteiger partial charge in [0, 0.05) is 40.6 Å². The van der Waals surface area contributed by atoms with E-state index in [1.165, 1.54) is 5.56 Å². The normalized spacial score (nSPS) is 15.7. The third-order valence-electron chi connectivity index (χ3n) is 5.61. The van der Waals surface area contributed by atoms with Crippen LogP contribution in [0.1, 0.15) is 12.0 Å². The molecule has 0 aliphatic carbocycles. The molecule has 5 rings (SSSR count). The van der Waals surface area contributed by atoms with E-state index in [0.717, 1.165) is 25.1 Å². The average Bonchev–Trinajstić information content (AvgIpc) is 3.11. The quantitative estimate of drug-likeness (QED) is 0.388. The Labute approximate surface area is 194 Å². The van der Waals surface area contributed by atoms with E-state index in [2.05, 4.69) is 33.9 Å². The second kappa shape index (κ2) is 9.23. The van der Waals surface area contributed by atoms with Crippen molar-refractivity contribution in [1.82, 2.24) is 14.6 Å². The van der Waals surface area contributed by atoms with Gasteiger partial charge in [-0.05, 0) is 54.8 Å². The van der Waals surface area contributed by atoms with Crippen molar-refractivity contribution in [3.63, 3.8) is 0 Å². The number of rotatable bonds is 6. The lowest BCUT2D eigenvalue weighted by Crippen LogP contribution is -2.27. The lowest BCUT2D eigenvalue weighted by Gasteiger charge is -2.15. The molecule has 1 aliphatic heterocycles. The van der Waals surface area contributed by atoms with Crippen LogP contribution < -0.4 is 15.4 Å². The lowest BCUT2D eigenvalue weighted by molar-refractivity contribution is 0.0822. The highest BCUT2D eigenvalue weighted by molar-refractivity contribution is 6.31. The van der Waals surface area contributed by atoms with Crippen molar-refractivity contribution in [3.05, 3.63) is 71.4 Å². The number of para-hydroxylation sites is 1. The van der Waals surface area contributed by atoms with Crippen LogP contribution in [0.25, 0.3) is 16.8 Å². The summed E-state index contributed by atoms with van der Waals surface area (Å²) in [6.45, 7) is 0.0493. The molecular weight excluding hydrogens is 448 g/mol. The fourth-order valence-electron chi connectivity index (χ4n) is 4.05. The molecule has 0 amide bonds. The maximum absolute atomic E-state index is 12.7. The number of nitrogens with one attached hydrogen (secondary N) is 2. The predicted octanol–water partition coefficient (Wildman–Crippen LogP) is 5.53. The van der Waals surface area contributed by atoms with E-state index in [4.69, 9.17) is 21.3 Å². The first-order valence-electron chi connectivity index (χ1n) is 10.7. The van der Waals surface area contributed by atoms with Gasteiger partial charge >= 0.3 is 0 Å². The number of ether oxygens (including phenoxy) is 1. The van der Waals surface area contributed by atoms with Crippen LogP contribution in [0.3, 0.4) is 0 Å². The van der Waals surface area contributed by atoms with Crippen molar-refractivity contribution < 1.29 is 13.5 Å². The Hall–Kier alpha value is -3.39. The maximum atomic E-state index is 12.7. The zero-order chi connectivity index (χ0) is 22.8. The number of fused-ring (bicyclic) bond motifs is 2. The fourth-order valence-corrected chi connectivity index (χ4v) is 4.22. The summed E-state index contributed by atoms with van der Waals surface area (Å²) in [5.74, 6) is 0.813. The Balaban J connectivity index is 1.42. The van der Waals surface area contributed by atoms with Gasteiger partial charge in [-0.25, -0.2) is 13.3 Å². The largest absolute Gasteiger partial charge is 0.487 e. The minimum absolute atomic E-state index is 0.148. The van der Waals surface area contributed by atoms with Crippen molar-refractivity contribution in [1.29, 1.82) is 0 Å². The third kappa shape index (κ3) is 4.71. The molecular formula is C24H22ClF2N5O. The zero-order valence-electron chi connectivity index (χ0n) is 17.6. The molecule has 1 aliphatic rings. The Morgan fingerprint density at radius 2 is 2.03 bits per heavy atom. The van der Waals surface area contributed by atoms with Gasteiger partial charge in [0.15, 0.2) is 5.65 Å². The first-order valence-corrected chi connectivity index (χ1v) is 11.1. The van der Waals surface area contributed by atoms with E-state index in [1.54, 1.807) is 28.9 Å². The molecule has 6 nitrogen and oxygen atoms in total. The Bertz CT molecular complexity index is 1250. The molecule has 0 saturated heterocycles. The molecule has 1 unspecified atom stereocenters. The van der Waals surface area contributed by atoms with Crippen molar-refractivity contribution in [2.24, 2.45) is 0 Å². The summed E-state index contributed by atoms with van der Waals surface area (Å²) in [5.41, 5.74) is 4.30. The molecule has 1 atom stereocenters. The SMILES string of the molecule is FC(F)COc1ccc(Cl)cc1-c1cccn2nc(NC3CCc4ccccc4NC3)nc12. The highest BCUT2D eigenvalue weighted by Crippen LogP contribution is 2.35. The molecule has 9 heteroatoms. The van der Waals surface area contributed by atoms with Crippen LogP contribution in [-0.4, -0.2) is 40.2 Å². The summed E-state index contributed by atoms with van der Waals surface area (Å²) < 4.78 is 32.5. The molecule has 0 fully saturated rings. The predicted molar refractivity (Wildman–Crippen MR) is 126 cm³/mol. The van der Waals surface area contributed by atoms with Gasteiger partial charge in [-0.15, -0.1) is 5.10 Å².